The topological polar surface area (TPSA) is 114 Å². The molecule has 2 N–H and O–H groups in total. The fourth-order valence-electron chi connectivity index (χ4n) is 3.08. The highest BCUT2D eigenvalue weighted by Gasteiger charge is 2.26. The monoisotopic (exact) mass is 419 g/mol. The molecule has 0 aromatic carbocycles. The van der Waals surface area contributed by atoms with Gasteiger partial charge in [0.25, 0.3) is 11.1 Å². The van der Waals surface area contributed by atoms with Gasteiger partial charge in [0.05, 0.1) is 10.6 Å². The standard InChI is InChI=1S/C19H25N5O4S/c1-19(2,3)28-17(26)20-10-12-4-6-24(7-5-12)15-9-13(21-11-22-15)8-14-16(25)23-18(27)29-14/h8-9,11-12H,4-7,10H2,1-3H3,(H,20,26)(H,23,25,27)/b14-8-. The van der Waals surface area contributed by atoms with Crippen LogP contribution in [0, 0.1) is 5.92 Å². The smallest absolute Gasteiger partial charge is 0.407 e. The van der Waals surface area contributed by atoms with E-state index in [9.17, 15) is 14.4 Å². The Hall–Kier alpha value is -2.62. The Morgan fingerprint density at radius 1 is 1.34 bits per heavy atom. The van der Waals surface area contributed by atoms with Crippen LogP contribution in [0.5, 0.6) is 0 Å². The predicted octanol–water partition coefficient (Wildman–Crippen LogP) is 2.54. The molecule has 9 nitrogen and oxygen atoms in total. The average molecular weight is 420 g/mol. The van der Waals surface area contributed by atoms with Crippen LogP contribution in [-0.2, 0) is 9.53 Å². The normalized spacial score (nSPS) is 19.4. The number of aromatic nitrogens is 2. The minimum atomic E-state index is -0.502. The van der Waals surface area contributed by atoms with E-state index in [1.54, 1.807) is 6.08 Å². The van der Waals surface area contributed by atoms with Crippen LogP contribution in [0.3, 0.4) is 0 Å². The van der Waals surface area contributed by atoms with E-state index in [1.807, 2.05) is 26.8 Å². The van der Waals surface area contributed by atoms with Gasteiger partial charge in [-0.1, -0.05) is 0 Å². The molecule has 0 aliphatic carbocycles. The van der Waals surface area contributed by atoms with Crippen molar-refractivity contribution in [1.82, 2.24) is 20.6 Å². The van der Waals surface area contributed by atoms with E-state index in [-0.39, 0.29) is 11.3 Å². The van der Waals surface area contributed by atoms with Crippen molar-refractivity contribution in [3.05, 3.63) is 23.0 Å². The molecule has 2 aliphatic heterocycles. The zero-order valence-corrected chi connectivity index (χ0v) is 17.5. The Labute approximate surface area is 173 Å². The first-order chi connectivity index (χ1) is 13.7. The minimum absolute atomic E-state index is 0.326. The zero-order chi connectivity index (χ0) is 21.0. The maximum absolute atomic E-state index is 11.8. The van der Waals surface area contributed by atoms with Gasteiger partial charge >= 0.3 is 6.09 Å². The Morgan fingerprint density at radius 3 is 2.69 bits per heavy atom. The summed E-state index contributed by atoms with van der Waals surface area (Å²) in [6.07, 6.45) is 4.50. The molecule has 1 aromatic heterocycles. The molecule has 2 aliphatic rings. The van der Waals surface area contributed by atoms with E-state index in [0.29, 0.717) is 23.1 Å². The van der Waals surface area contributed by atoms with Gasteiger partial charge < -0.3 is 15.0 Å². The van der Waals surface area contributed by atoms with Gasteiger partial charge in [-0.05, 0) is 57.4 Å². The lowest BCUT2D eigenvalue weighted by molar-refractivity contribution is -0.115. The maximum Gasteiger partial charge on any atom is 0.407 e. The number of carbonyl (C=O) groups is 3. The molecule has 0 saturated carbocycles. The third-order valence-corrected chi connectivity index (χ3v) is 5.28. The molecule has 3 rings (SSSR count). The third kappa shape index (κ3) is 6.18. The van der Waals surface area contributed by atoms with Crippen LogP contribution in [0.25, 0.3) is 6.08 Å². The molecule has 0 bridgehead atoms. The Bertz CT molecular complexity index is 828. The lowest BCUT2D eigenvalue weighted by atomic mass is 9.97. The summed E-state index contributed by atoms with van der Waals surface area (Å²) in [5.74, 6) is 0.755. The number of anilines is 1. The number of nitrogens with zero attached hydrogens (tertiary/aromatic N) is 3. The van der Waals surface area contributed by atoms with Crippen LogP contribution in [0.15, 0.2) is 17.3 Å². The number of rotatable bonds is 4. The highest BCUT2D eigenvalue weighted by Crippen LogP contribution is 2.26. The Morgan fingerprint density at radius 2 is 2.07 bits per heavy atom. The van der Waals surface area contributed by atoms with E-state index >= 15 is 0 Å². The number of imide groups is 1. The van der Waals surface area contributed by atoms with Crippen molar-refractivity contribution >= 4 is 40.9 Å². The summed E-state index contributed by atoms with van der Waals surface area (Å²) in [5.41, 5.74) is 0.0781. The summed E-state index contributed by atoms with van der Waals surface area (Å²) in [6.45, 7) is 7.72. The summed E-state index contributed by atoms with van der Waals surface area (Å²) in [6, 6.07) is 1.81. The molecule has 156 valence electrons. The first-order valence-electron chi connectivity index (χ1n) is 9.48. The van der Waals surface area contributed by atoms with Crippen molar-refractivity contribution in [2.24, 2.45) is 5.92 Å². The average Bonchev–Trinajstić information content (AvgIpc) is 2.96. The van der Waals surface area contributed by atoms with Gasteiger partial charge in [0.2, 0.25) is 0 Å². The van der Waals surface area contributed by atoms with Crippen molar-refractivity contribution in [3.8, 4) is 0 Å². The summed E-state index contributed by atoms with van der Waals surface area (Å²) >= 11 is 0.864. The summed E-state index contributed by atoms with van der Waals surface area (Å²) in [4.78, 5) is 45.7. The molecule has 0 unspecified atom stereocenters. The second-order valence-corrected chi connectivity index (χ2v) is 8.98. The molecule has 1 aromatic rings. The second kappa shape index (κ2) is 8.81. The summed E-state index contributed by atoms with van der Waals surface area (Å²) in [5, 5.41) is 4.69. The number of amides is 3. The van der Waals surface area contributed by atoms with E-state index in [4.69, 9.17) is 4.74 Å². The van der Waals surface area contributed by atoms with Crippen molar-refractivity contribution in [3.63, 3.8) is 0 Å². The number of nitrogens with one attached hydrogen (secondary N) is 2. The molecule has 10 heteroatoms. The number of thioether (sulfide) groups is 1. The van der Waals surface area contributed by atoms with Gasteiger partial charge in [-0.25, -0.2) is 14.8 Å². The Balaban J connectivity index is 1.52. The SMILES string of the molecule is CC(C)(C)OC(=O)NCC1CCN(c2cc(/C=C3\SC(=O)NC3=O)ncn2)CC1. The highest BCUT2D eigenvalue weighted by atomic mass is 32.2. The number of ether oxygens (including phenoxy) is 1. The number of hydrogen-bond donors (Lipinski definition) is 2. The van der Waals surface area contributed by atoms with Gasteiger partial charge in [-0.15, -0.1) is 0 Å². The predicted molar refractivity (Wildman–Crippen MR) is 110 cm³/mol. The fourth-order valence-corrected chi connectivity index (χ4v) is 3.74. The molecule has 0 radical (unpaired) electrons. The second-order valence-electron chi connectivity index (χ2n) is 7.97. The lowest BCUT2D eigenvalue weighted by Gasteiger charge is -2.33. The van der Waals surface area contributed by atoms with Crippen LogP contribution in [-0.4, -0.2) is 52.4 Å². The van der Waals surface area contributed by atoms with Gasteiger partial charge in [0.1, 0.15) is 17.7 Å². The van der Waals surface area contributed by atoms with E-state index in [0.717, 1.165) is 43.5 Å². The van der Waals surface area contributed by atoms with Crippen molar-refractivity contribution in [2.45, 2.75) is 39.2 Å². The van der Waals surface area contributed by atoms with E-state index < -0.39 is 11.5 Å². The van der Waals surface area contributed by atoms with Crippen molar-refractivity contribution in [1.29, 1.82) is 0 Å². The molecular formula is C19H25N5O4S. The molecular weight excluding hydrogens is 394 g/mol. The molecule has 3 heterocycles. The van der Waals surface area contributed by atoms with E-state index in [2.05, 4.69) is 25.5 Å². The summed E-state index contributed by atoms with van der Waals surface area (Å²) < 4.78 is 5.27. The number of alkyl carbamates (subject to hydrolysis) is 1. The first kappa shape index (κ1) is 21.1. The number of carbonyl (C=O) groups excluding carboxylic acids is 3. The van der Waals surface area contributed by atoms with Crippen molar-refractivity contribution < 1.29 is 19.1 Å². The third-order valence-electron chi connectivity index (χ3n) is 4.47. The van der Waals surface area contributed by atoms with Crippen LogP contribution >= 0.6 is 11.8 Å². The first-order valence-corrected chi connectivity index (χ1v) is 10.3. The lowest BCUT2D eigenvalue weighted by Crippen LogP contribution is -2.40. The fraction of sp³-hybridized carbons (Fsp3) is 0.526. The minimum Gasteiger partial charge on any atom is -0.444 e. The quantitative estimate of drug-likeness (QED) is 0.716. The largest absolute Gasteiger partial charge is 0.444 e. The maximum atomic E-state index is 11.8. The summed E-state index contributed by atoms with van der Waals surface area (Å²) in [7, 11) is 0. The zero-order valence-electron chi connectivity index (χ0n) is 16.7. The van der Waals surface area contributed by atoms with Gasteiger partial charge in [0.15, 0.2) is 0 Å². The van der Waals surface area contributed by atoms with Gasteiger partial charge in [-0.3, -0.25) is 14.9 Å². The van der Waals surface area contributed by atoms with Crippen LogP contribution in [0.1, 0.15) is 39.3 Å². The van der Waals surface area contributed by atoms with Crippen LogP contribution < -0.4 is 15.5 Å². The van der Waals surface area contributed by atoms with Gasteiger partial charge in [0, 0.05) is 25.7 Å². The van der Waals surface area contributed by atoms with Crippen LogP contribution in [0.4, 0.5) is 15.4 Å². The molecule has 0 atom stereocenters. The van der Waals surface area contributed by atoms with Crippen LogP contribution in [0.2, 0.25) is 0 Å². The van der Waals surface area contributed by atoms with Gasteiger partial charge in [-0.2, -0.15) is 0 Å². The highest BCUT2D eigenvalue weighted by molar-refractivity contribution is 8.18. The molecule has 3 amide bonds. The number of hydrogen-bond acceptors (Lipinski definition) is 8. The van der Waals surface area contributed by atoms with Crippen molar-refractivity contribution in [2.75, 3.05) is 24.5 Å². The molecule has 2 saturated heterocycles. The number of piperidine rings is 1. The Kier molecular flexibility index (Phi) is 6.41. The molecule has 0 spiro atoms. The van der Waals surface area contributed by atoms with E-state index in [1.165, 1.54) is 6.33 Å². The molecule has 2 fully saturated rings. The molecule has 29 heavy (non-hydrogen) atoms.